The lowest BCUT2D eigenvalue weighted by Gasteiger charge is -2.22. The van der Waals surface area contributed by atoms with E-state index >= 15 is 0 Å². The second-order valence-electron chi connectivity index (χ2n) is 7.45. The van der Waals surface area contributed by atoms with Crippen LogP contribution in [0.4, 0.5) is 5.69 Å². The first-order chi connectivity index (χ1) is 15.0. The first-order valence-corrected chi connectivity index (χ1v) is 10.8. The normalized spacial score (nSPS) is 15.5. The molecule has 31 heavy (non-hydrogen) atoms. The molecule has 7 heteroatoms. The van der Waals surface area contributed by atoms with Gasteiger partial charge in [-0.05, 0) is 47.3 Å². The van der Waals surface area contributed by atoms with Gasteiger partial charge in [0.1, 0.15) is 0 Å². The Morgan fingerprint density at radius 1 is 1.06 bits per heavy atom. The highest BCUT2D eigenvalue weighted by Gasteiger charge is 2.34. The third kappa shape index (κ3) is 4.14. The number of carbonyl (C=O) groups is 1. The van der Waals surface area contributed by atoms with Crippen LogP contribution in [0.5, 0.6) is 11.5 Å². The van der Waals surface area contributed by atoms with Gasteiger partial charge in [-0.3, -0.25) is 4.79 Å². The van der Waals surface area contributed by atoms with E-state index in [4.69, 9.17) is 14.6 Å². The van der Waals surface area contributed by atoms with Gasteiger partial charge in [-0.15, -0.1) is 11.3 Å². The highest BCUT2D eigenvalue weighted by atomic mass is 32.1. The van der Waals surface area contributed by atoms with Crippen LogP contribution in [-0.4, -0.2) is 44.9 Å². The Morgan fingerprint density at radius 2 is 1.81 bits per heavy atom. The Labute approximate surface area is 186 Å². The summed E-state index contributed by atoms with van der Waals surface area (Å²) >= 11 is 1.43. The molecule has 0 bridgehead atoms. The summed E-state index contributed by atoms with van der Waals surface area (Å²) < 4.78 is 10.8. The molecule has 0 saturated heterocycles. The number of carbonyl (C=O) groups excluding carboxylic acids is 1. The number of amides is 1. The first kappa shape index (κ1) is 20.9. The van der Waals surface area contributed by atoms with Crippen molar-refractivity contribution in [2.24, 2.45) is 5.10 Å². The van der Waals surface area contributed by atoms with Gasteiger partial charge in [0.25, 0.3) is 5.91 Å². The van der Waals surface area contributed by atoms with Crippen molar-refractivity contribution in [1.29, 1.82) is 0 Å². The van der Waals surface area contributed by atoms with E-state index < -0.39 is 0 Å². The molecule has 4 rings (SSSR count). The SMILES string of the molecule is COc1ccc(C2=NN(C(=O)c3cccs3)[C@@H](c3ccc(N(C)C)cc3)C2)cc1OC. The van der Waals surface area contributed by atoms with E-state index in [1.807, 2.05) is 49.8 Å². The summed E-state index contributed by atoms with van der Waals surface area (Å²) in [5.41, 5.74) is 3.91. The molecule has 0 N–H and O–H groups in total. The van der Waals surface area contributed by atoms with Gasteiger partial charge < -0.3 is 14.4 Å². The number of rotatable bonds is 6. The van der Waals surface area contributed by atoms with Crippen molar-refractivity contribution in [1.82, 2.24) is 5.01 Å². The average molecular weight is 436 g/mol. The van der Waals surface area contributed by atoms with Gasteiger partial charge in [-0.2, -0.15) is 5.10 Å². The lowest BCUT2D eigenvalue weighted by Crippen LogP contribution is -2.26. The molecule has 1 aliphatic rings. The van der Waals surface area contributed by atoms with Crippen LogP contribution in [-0.2, 0) is 0 Å². The highest BCUT2D eigenvalue weighted by molar-refractivity contribution is 7.12. The third-order valence-corrected chi connectivity index (χ3v) is 6.22. The number of hydrogen-bond donors (Lipinski definition) is 0. The van der Waals surface area contributed by atoms with E-state index in [1.165, 1.54) is 11.3 Å². The maximum atomic E-state index is 13.2. The summed E-state index contributed by atoms with van der Waals surface area (Å²) in [5, 5.41) is 8.28. The second kappa shape index (κ2) is 8.81. The van der Waals surface area contributed by atoms with Gasteiger partial charge in [0.15, 0.2) is 11.5 Å². The van der Waals surface area contributed by atoms with E-state index in [0.717, 1.165) is 22.5 Å². The number of thiophene rings is 1. The highest BCUT2D eigenvalue weighted by Crippen LogP contribution is 2.37. The minimum atomic E-state index is -0.172. The minimum absolute atomic E-state index is 0.0906. The molecule has 0 spiro atoms. The molecule has 160 valence electrons. The van der Waals surface area contributed by atoms with Gasteiger partial charge >= 0.3 is 0 Å². The molecule has 1 amide bonds. The lowest BCUT2D eigenvalue weighted by atomic mass is 9.98. The monoisotopic (exact) mass is 435 g/mol. The summed E-state index contributed by atoms with van der Waals surface area (Å²) in [5.74, 6) is 1.21. The zero-order chi connectivity index (χ0) is 22.0. The van der Waals surface area contributed by atoms with E-state index in [9.17, 15) is 4.79 Å². The van der Waals surface area contributed by atoms with E-state index in [-0.39, 0.29) is 11.9 Å². The molecule has 1 aromatic heterocycles. The van der Waals surface area contributed by atoms with E-state index in [1.54, 1.807) is 19.2 Å². The first-order valence-electron chi connectivity index (χ1n) is 9.96. The van der Waals surface area contributed by atoms with Crippen molar-refractivity contribution in [2.45, 2.75) is 12.5 Å². The molecule has 1 atom stereocenters. The topological polar surface area (TPSA) is 54.4 Å². The van der Waals surface area contributed by atoms with Crippen molar-refractivity contribution >= 4 is 28.6 Å². The smallest absolute Gasteiger partial charge is 0.284 e. The molecule has 6 nitrogen and oxygen atoms in total. The molecule has 1 aliphatic heterocycles. The predicted molar refractivity (Wildman–Crippen MR) is 125 cm³/mol. The number of hydrogen-bond acceptors (Lipinski definition) is 6. The van der Waals surface area contributed by atoms with E-state index in [0.29, 0.717) is 22.8 Å². The fraction of sp³-hybridized carbons (Fsp3) is 0.250. The fourth-order valence-electron chi connectivity index (χ4n) is 3.66. The molecule has 2 heterocycles. The Balaban J connectivity index is 1.71. The minimum Gasteiger partial charge on any atom is -0.493 e. The Bertz CT molecular complexity index is 1090. The molecule has 0 saturated carbocycles. The molecule has 0 aliphatic carbocycles. The Morgan fingerprint density at radius 3 is 2.42 bits per heavy atom. The van der Waals surface area contributed by atoms with Gasteiger partial charge in [0.2, 0.25) is 0 Å². The summed E-state index contributed by atoms with van der Waals surface area (Å²) in [4.78, 5) is 16.0. The van der Waals surface area contributed by atoms with Crippen LogP contribution < -0.4 is 14.4 Å². The van der Waals surface area contributed by atoms with Crippen molar-refractivity contribution in [3.8, 4) is 11.5 Å². The van der Waals surface area contributed by atoms with Crippen LogP contribution in [0, 0.1) is 0 Å². The van der Waals surface area contributed by atoms with Crippen LogP contribution >= 0.6 is 11.3 Å². The number of ether oxygens (including phenoxy) is 2. The van der Waals surface area contributed by atoms with Gasteiger partial charge in [-0.25, -0.2) is 5.01 Å². The van der Waals surface area contributed by atoms with Gasteiger partial charge in [0.05, 0.1) is 30.9 Å². The van der Waals surface area contributed by atoms with Crippen LogP contribution in [0.1, 0.15) is 33.3 Å². The predicted octanol–water partition coefficient (Wildman–Crippen LogP) is 4.82. The largest absolute Gasteiger partial charge is 0.493 e. The quantitative estimate of drug-likeness (QED) is 0.557. The third-order valence-electron chi connectivity index (χ3n) is 5.36. The maximum absolute atomic E-state index is 13.2. The van der Waals surface area contributed by atoms with Crippen LogP contribution in [0.25, 0.3) is 0 Å². The molecular formula is C24H25N3O3S. The molecule has 3 aromatic rings. The standard InChI is InChI=1S/C24H25N3O3S/c1-26(2)18-10-7-16(8-11-18)20-15-19(17-9-12-21(29-3)22(14-17)30-4)25-27(20)24(28)23-6-5-13-31-23/h5-14,20H,15H2,1-4H3/t20-/m1/s1. The average Bonchev–Trinajstić information content (AvgIpc) is 3.49. The van der Waals surface area contributed by atoms with Gasteiger partial charge in [-0.1, -0.05) is 18.2 Å². The Kier molecular flexibility index (Phi) is 5.95. The summed E-state index contributed by atoms with van der Waals surface area (Å²) in [7, 11) is 7.24. The van der Waals surface area contributed by atoms with Crippen molar-refractivity contribution in [3.05, 3.63) is 76.0 Å². The summed E-state index contributed by atoms with van der Waals surface area (Å²) in [6.45, 7) is 0. The molecular weight excluding hydrogens is 410 g/mol. The molecule has 0 fully saturated rings. The maximum Gasteiger partial charge on any atom is 0.284 e. The number of methoxy groups -OCH3 is 2. The fourth-order valence-corrected chi connectivity index (χ4v) is 4.31. The molecule has 0 unspecified atom stereocenters. The zero-order valence-corrected chi connectivity index (χ0v) is 18.8. The van der Waals surface area contributed by atoms with Crippen molar-refractivity contribution in [2.75, 3.05) is 33.2 Å². The Hall–Kier alpha value is -3.32. The van der Waals surface area contributed by atoms with Crippen LogP contribution in [0.3, 0.4) is 0 Å². The van der Waals surface area contributed by atoms with Gasteiger partial charge in [0, 0.05) is 31.8 Å². The lowest BCUT2D eigenvalue weighted by molar-refractivity contribution is 0.0716. The van der Waals surface area contributed by atoms with Crippen LogP contribution in [0.2, 0.25) is 0 Å². The summed E-state index contributed by atoms with van der Waals surface area (Å²) in [6.07, 6.45) is 0.619. The number of anilines is 1. The number of nitrogens with zero attached hydrogens (tertiary/aromatic N) is 3. The van der Waals surface area contributed by atoms with Crippen molar-refractivity contribution < 1.29 is 14.3 Å². The second-order valence-corrected chi connectivity index (χ2v) is 8.40. The van der Waals surface area contributed by atoms with E-state index in [2.05, 4.69) is 29.2 Å². The van der Waals surface area contributed by atoms with Crippen molar-refractivity contribution in [3.63, 3.8) is 0 Å². The number of hydrazone groups is 1. The number of benzene rings is 2. The summed E-state index contributed by atoms with van der Waals surface area (Å²) in [6, 6.07) is 17.5. The van der Waals surface area contributed by atoms with Crippen LogP contribution in [0.15, 0.2) is 65.1 Å². The molecule has 2 aromatic carbocycles. The zero-order valence-electron chi connectivity index (χ0n) is 18.0. The molecule has 0 radical (unpaired) electrons.